The predicted octanol–water partition coefficient (Wildman–Crippen LogP) is 3.89. The summed E-state index contributed by atoms with van der Waals surface area (Å²) in [6, 6.07) is 5.79. The Kier molecular flexibility index (Phi) is 2.58. The van der Waals surface area contributed by atoms with Crippen LogP contribution in [0, 0.1) is 0 Å². The molecule has 0 unspecified atom stereocenters. The summed E-state index contributed by atoms with van der Waals surface area (Å²) >= 11 is 6.48. The second-order valence-corrected chi connectivity index (χ2v) is 6.03. The highest BCUT2D eigenvalue weighted by atomic mass is 79.9. The van der Waals surface area contributed by atoms with Gasteiger partial charge in [-0.1, -0.05) is 18.2 Å². The predicted molar refractivity (Wildman–Crippen MR) is 63.0 cm³/mol. The second-order valence-electron chi connectivity index (χ2n) is 2.87. The Hall–Kier alpha value is -0.480. The Balaban J connectivity index is 2.35. The van der Waals surface area contributed by atoms with Crippen LogP contribution in [-0.2, 0) is 0 Å². The van der Waals surface area contributed by atoms with Gasteiger partial charge < -0.3 is 9.47 Å². The number of benzene rings is 1. The van der Waals surface area contributed by atoms with Crippen molar-refractivity contribution in [2.24, 2.45) is 0 Å². The number of ether oxygens (including phenoxy) is 2. The van der Waals surface area contributed by atoms with E-state index in [4.69, 9.17) is 9.47 Å². The van der Waals surface area contributed by atoms with Crippen LogP contribution in [0.1, 0.15) is 12.5 Å². The highest BCUT2D eigenvalue weighted by Crippen LogP contribution is 2.45. The van der Waals surface area contributed by atoms with Gasteiger partial charge in [-0.15, -0.1) is 0 Å². The number of hydrogen-bond donors (Lipinski definition) is 0. The minimum absolute atomic E-state index is 0.729. The average molecular weight is 320 g/mol. The largest absolute Gasteiger partial charge is 0.431 e. The molecule has 0 amide bonds. The summed E-state index contributed by atoms with van der Waals surface area (Å²) in [7, 11) is 0. The number of halogens is 2. The van der Waals surface area contributed by atoms with Crippen LogP contribution in [0.4, 0.5) is 0 Å². The van der Waals surface area contributed by atoms with Gasteiger partial charge in [0.2, 0.25) is 0 Å². The molecule has 0 bridgehead atoms. The van der Waals surface area contributed by atoms with Crippen LogP contribution < -0.4 is 9.47 Å². The Morgan fingerprint density at radius 1 is 1.21 bits per heavy atom. The molecule has 14 heavy (non-hydrogen) atoms. The molecule has 0 saturated carbocycles. The molecule has 1 aliphatic heterocycles. The number of fused-ring (bicyclic) bond motifs is 1. The van der Waals surface area contributed by atoms with Gasteiger partial charge in [0.1, 0.15) is 0 Å². The minimum Gasteiger partial charge on any atom is -0.431 e. The number of allylic oxidation sites excluding steroid dienone is 1. The molecule has 2 rings (SSSR count). The molecule has 0 saturated heterocycles. The van der Waals surface area contributed by atoms with Gasteiger partial charge in [0.05, 0.1) is 0 Å². The summed E-state index contributed by atoms with van der Waals surface area (Å²) in [6.45, 7) is 1.98. The summed E-state index contributed by atoms with van der Waals surface area (Å²) in [5, 5.41) is 0. The Labute approximate surface area is 99.2 Å². The number of rotatable bonds is 1. The van der Waals surface area contributed by atoms with Gasteiger partial charge in [0.15, 0.2) is 11.5 Å². The maximum absolute atomic E-state index is 5.46. The van der Waals surface area contributed by atoms with E-state index < -0.39 is 3.61 Å². The second kappa shape index (κ2) is 3.59. The molecule has 1 aromatic rings. The molecule has 1 aliphatic rings. The lowest BCUT2D eigenvalue weighted by molar-refractivity contribution is 0.115. The van der Waals surface area contributed by atoms with Gasteiger partial charge in [-0.25, -0.2) is 0 Å². The van der Waals surface area contributed by atoms with Crippen LogP contribution in [0.5, 0.6) is 11.5 Å². The molecule has 1 aromatic carbocycles. The summed E-state index contributed by atoms with van der Waals surface area (Å²) < 4.78 is 9.97. The van der Waals surface area contributed by atoms with E-state index in [1.807, 2.05) is 37.3 Å². The molecule has 1 heterocycles. The Bertz CT molecular complexity index is 386. The molecule has 74 valence electrons. The topological polar surface area (TPSA) is 18.5 Å². The van der Waals surface area contributed by atoms with Crippen LogP contribution in [0.25, 0.3) is 6.08 Å². The van der Waals surface area contributed by atoms with E-state index in [0.717, 1.165) is 17.1 Å². The summed E-state index contributed by atoms with van der Waals surface area (Å²) in [6.07, 6.45) is 3.99. The minimum atomic E-state index is -0.906. The highest BCUT2D eigenvalue weighted by Gasteiger charge is 2.35. The lowest BCUT2D eigenvalue weighted by atomic mass is 10.2. The number of alkyl halides is 2. The fourth-order valence-corrected chi connectivity index (χ4v) is 1.96. The first-order chi connectivity index (χ1) is 6.61. The van der Waals surface area contributed by atoms with Crippen molar-refractivity contribution in [3.63, 3.8) is 0 Å². The standard InChI is InChI=1S/C10H8Br2O2/c1-2-3-7-4-5-8-9(6-7)14-10(11,12)13-8/h2-6H,1H3. The van der Waals surface area contributed by atoms with E-state index in [1.165, 1.54) is 0 Å². The fourth-order valence-electron chi connectivity index (χ4n) is 1.26. The van der Waals surface area contributed by atoms with Crippen LogP contribution in [0.2, 0.25) is 0 Å². The lowest BCUT2D eigenvalue weighted by Gasteiger charge is -2.10. The van der Waals surface area contributed by atoms with Crippen molar-refractivity contribution < 1.29 is 9.47 Å². The van der Waals surface area contributed by atoms with E-state index in [0.29, 0.717) is 0 Å². The van der Waals surface area contributed by atoms with Gasteiger partial charge in [-0.2, -0.15) is 0 Å². The van der Waals surface area contributed by atoms with Crippen LogP contribution >= 0.6 is 31.9 Å². The molecule has 0 radical (unpaired) electrons. The fraction of sp³-hybridized carbons (Fsp3) is 0.200. The van der Waals surface area contributed by atoms with E-state index in [2.05, 4.69) is 31.9 Å². The first kappa shape index (κ1) is 10.1. The summed E-state index contributed by atoms with van der Waals surface area (Å²) in [5.41, 5.74) is 1.09. The van der Waals surface area contributed by atoms with Crippen molar-refractivity contribution in [2.75, 3.05) is 0 Å². The molecule has 0 aromatic heterocycles. The SMILES string of the molecule is CC=Cc1ccc2c(c1)OC(Br)(Br)O2. The van der Waals surface area contributed by atoms with Crippen molar-refractivity contribution in [1.29, 1.82) is 0 Å². The average Bonchev–Trinajstić information content (AvgIpc) is 2.38. The van der Waals surface area contributed by atoms with Crippen LogP contribution in [0.15, 0.2) is 24.3 Å². The molecule has 0 N–H and O–H groups in total. The highest BCUT2D eigenvalue weighted by molar-refractivity contribution is 9.25. The van der Waals surface area contributed by atoms with Crippen molar-refractivity contribution in [2.45, 2.75) is 10.5 Å². The Morgan fingerprint density at radius 2 is 1.93 bits per heavy atom. The van der Waals surface area contributed by atoms with Gasteiger partial charge >= 0.3 is 3.61 Å². The third kappa shape index (κ3) is 1.96. The lowest BCUT2D eigenvalue weighted by Crippen LogP contribution is -2.21. The first-order valence-electron chi connectivity index (χ1n) is 4.13. The maximum Gasteiger partial charge on any atom is 0.368 e. The van der Waals surface area contributed by atoms with E-state index >= 15 is 0 Å². The molecule has 0 spiro atoms. The molecular weight excluding hydrogens is 312 g/mol. The van der Waals surface area contributed by atoms with E-state index in [1.54, 1.807) is 0 Å². The van der Waals surface area contributed by atoms with Crippen molar-refractivity contribution >= 4 is 37.9 Å². The van der Waals surface area contributed by atoms with Crippen LogP contribution in [0.3, 0.4) is 0 Å². The molecule has 2 nitrogen and oxygen atoms in total. The van der Waals surface area contributed by atoms with Crippen LogP contribution in [-0.4, -0.2) is 3.61 Å². The normalized spacial score (nSPS) is 17.6. The maximum atomic E-state index is 5.46. The zero-order chi connectivity index (χ0) is 10.2. The van der Waals surface area contributed by atoms with Gasteiger partial charge in [0.25, 0.3) is 0 Å². The summed E-state index contributed by atoms with van der Waals surface area (Å²) in [4.78, 5) is 0. The molecule has 0 fully saturated rings. The van der Waals surface area contributed by atoms with Crippen molar-refractivity contribution in [3.8, 4) is 11.5 Å². The summed E-state index contributed by atoms with van der Waals surface area (Å²) in [5.74, 6) is 1.46. The van der Waals surface area contributed by atoms with Gasteiger partial charge in [0, 0.05) is 31.9 Å². The smallest absolute Gasteiger partial charge is 0.368 e. The van der Waals surface area contributed by atoms with E-state index in [-0.39, 0.29) is 0 Å². The zero-order valence-electron chi connectivity index (χ0n) is 7.46. The quantitative estimate of drug-likeness (QED) is 0.731. The van der Waals surface area contributed by atoms with Crippen molar-refractivity contribution in [1.82, 2.24) is 0 Å². The third-order valence-corrected chi connectivity index (χ3v) is 2.43. The third-order valence-electron chi connectivity index (χ3n) is 1.78. The van der Waals surface area contributed by atoms with Gasteiger partial charge in [-0.3, -0.25) is 0 Å². The van der Waals surface area contributed by atoms with E-state index in [9.17, 15) is 0 Å². The van der Waals surface area contributed by atoms with Crippen molar-refractivity contribution in [3.05, 3.63) is 29.8 Å². The zero-order valence-corrected chi connectivity index (χ0v) is 10.6. The Morgan fingerprint density at radius 3 is 2.64 bits per heavy atom. The molecular formula is C10H8Br2O2. The van der Waals surface area contributed by atoms with Gasteiger partial charge in [-0.05, 0) is 24.6 Å². The molecule has 0 aliphatic carbocycles. The molecule has 0 atom stereocenters. The number of hydrogen-bond acceptors (Lipinski definition) is 2. The first-order valence-corrected chi connectivity index (χ1v) is 5.72. The monoisotopic (exact) mass is 318 g/mol. The molecule has 4 heteroatoms.